The number of benzene rings is 2. The van der Waals surface area contributed by atoms with Crippen LogP contribution in [0.25, 0.3) is 0 Å². The van der Waals surface area contributed by atoms with E-state index in [1.165, 1.54) is 29.6 Å². The maximum atomic E-state index is 13.1. The van der Waals surface area contributed by atoms with Gasteiger partial charge in [-0.05, 0) is 68.5 Å². The standard InChI is InChI=1S/C24H32N2O5S/c1-5-31-20-8-6-19(7-9-20)18(3)25-24(27)22-16-21(10-11-23(22)30-4)32(28,29)26-14-12-17(2)13-15-26/h6-11,16-18H,5,12-15H2,1-4H3,(H,25,27)/t18-/m1/s1. The normalized spacial score (nSPS) is 16.4. The van der Waals surface area contributed by atoms with E-state index in [2.05, 4.69) is 12.2 Å². The Labute approximate surface area is 190 Å². The second-order valence-corrected chi connectivity index (χ2v) is 10.1. The summed E-state index contributed by atoms with van der Waals surface area (Å²) in [6.45, 7) is 7.49. The highest BCUT2D eigenvalue weighted by Gasteiger charge is 2.29. The van der Waals surface area contributed by atoms with E-state index < -0.39 is 15.9 Å². The van der Waals surface area contributed by atoms with Crippen LogP contribution in [0.5, 0.6) is 11.5 Å². The molecule has 7 nitrogen and oxygen atoms in total. The fraction of sp³-hybridized carbons (Fsp3) is 0.458. The number of ether oxygens (including phenoxy) is 2. The van der Waals surface area contributed by atoms with E-state index in [4.69, 9.17) is 9.47 Å². The summed E-state index contributed by atoms with van der Waals surface area (Å²) in [6.07, 6.45) is 1.67. The fourth-order valence-electron chi connectivity index (χ4n) is 3.78. The van der Waals surface area contributed by atoms with Gasteiger partial charge in [-0.2, -0.15) is 4.31 Å². The number of methoxy groups -OCH3 is 1. The molecule has 174 valence electrons. The number of nitrogens with one attached hydrogen (secondary N) is 1. The first-order valence-corrected chi connectivity index (χ1v) is 12.4. The van der Waals surface area contributed by atoms with Gasteiger partial charge in [-0.3, -0.25) is 4.79 Å². The van der Waals surface area contributed by atoms with Gasteiger partial charge in [-0.25, -0.2) is 8.42 Å². The molecule has 1 heterocycles. The number of rotatable bonds is 8. The number of nitrogens with zero attached hydrogens (tertiary/aromatic N) is 1. The van der Waals surface area contributed by atoms with Gasteiger partial charge in [0.05, 0.1) is 30.2 Å². The van der Waals surface area contributed by atoms with Crippen molar-refractivity contribution in [1.82, 2.24) is 9.62 Å². The predicted octanol–water partition coefficient (Wildman–Crippen LogP) is 4.01. The molecule has 1 N–H and O–H groups in total. The lowest BCUT2D eigenvalue weighted by Crippen LogP contribution is -2.38. The van der Waals surface area contributed by atoms with Crippen LogP contribution >= 0.6 is 0 Å². The van der Waals surface area contributed by atoms with E-state index in [0.29, 0.717) is 31.4 Å². The van der Waals surface area contributed by atoms with Crippen LogP contribution in [0.2, 0.25) is 0 Å². The second-order valence-electron chi connectivity index (χ2n) is 8.15. The summed E-state index contributed by atoms with van der Waals surface area (Å²) in [5.74, 6) is 1.21. The summed E-state index contributed by atoms with van der Waals surface area (Å²) >= 11 is 0. The number of hydrogen-bond acceptors (Lipinski definition) is 5. The van der Waals surface area contributed by atoms with Gasteiger partial charge in [0, 0.05) is 13.1 Å². The number of sulfonamides is 1. The SMILES string of the molecule is CCOc1ccc([C@@H](C)NC(=O)c2cc(S(=O)(=O)N3CCC(C)CC3)ccc2OC)cc1. The summed E-state index contributed by atoms with van der Waals surface area (Å²) in [4.78, 5) is 13.2. The summed E-state index contributed by atoms with van der Waals surface area (Å²) in [7, 11) is -2.21. The van der Waals surface area contributed by atoms with Crippen LogP contribution in [0.15, 0.2) is 47.4 Å². The van der Waals surface area contributed by atoms with E-state index in [0.717, 1.165) is 24.2 Å². The molecule has 1 fully saturated rings. The minimum atomic E-state index is -3.67. The molecule has 2 aromatic rings. The first kappa shape index (κ1) is 24.1. The van der Waals surface area contributed by atoms with Crippen molar-refractivity contribution in [3.63, 3.8) is 0 Å². The monoisotopic (exact) mass is 460 g/mol. The Balaban J connectivity index is 1.80. The van der Waals surface area contributed by atoms with Crippen molar-refractivity contribution in [1.29, 1.82) is 0 Å². The molecule has 32 heavy (non-hydrogen) atoms. The minimum Gasteiger partial charge on any atom is -0.496 e. The molecule has 0 bridgehead atoms. The van der Waals surface area contributed by atoms with Crippen molar-refractivity contribution in [2.24, 2.45) is 5.92 Å². The van der Waals surface area contributed by atoms with E-state index in [-0.39, 0.29) is 16.5 Å². The highest BCUT2D eigenvalue weighted by molar-refractivity contribution is 7.89. The van der Waals surface area contributed by atoms with Crippen LogP contribution in [-0.4, -0.2) is 45.4 Å². The first-order valence-electron chi connectivity index (χ1n) is 11.0. The topological polar surface area (TPSA) is 84.9 Å². The van der Waals surface area contributed by atoms with Gasteiger partial charge in [0.15, 0.2) is 0 Å². The average molecular weight is 461 g/mol. The molecule has 0 saturated carbocycles. The lowest BCUT2D eigenvalue weighted by atomic mass is 10.0. The molecule has 2 aromatic carbocycles. The zero-order valence-corrected chi connectivity index (χ0v) is 19.9. The second kappa shape index (κ2) is 10.4. The molecule has 0 spiro atoms. The van der Waals surface area contributed by atoms with E-state index in [9.17, 15) is 13.2 Å². The maximum absolute atomic E-state index is 13.1. The van der Waals surface area contributed by atoms with Gasteiger partial charge in [-0.1, -0.05) is 19.1 Å². The molecule has 1 aliphatic heterocycles. The van der Waals surface area contributed by atoms with E-state index in [1.54, 1.807) is 0 Å². The van der Waals surface area contributed by atoms with Crippen molar-refractivity contribution >= 4 is 15.9 Å². The van der Waals surface area contributed by atoms with Crippen molar-refractivity contribution in [2.45, 2.75) is 44.6 Å². The van der Waals surface area contributed by atoms with Crippen LogP contribution < -0.4 is 14.8 Å². The molecular weight excluding hydrogens is 428 g/mol. The third kappa shape index (κ3) is 5.42. The fourth-order valence-corrected chi connectivity index (χ4v) is 5.27. The average Bonchev–Trinajstić information content (AvgIpc) is 2.79. The van der Waals surface area contributed by atoms with Crippen LogP contribution in [0, 0.1) is 5.92 Å². The van der Waals surface area contributed by atoms with Gasteiger partial charge in [0.25, 0.3) is 5.91 Å². The predicted molar refractivity (Wildman–Crippen MR) is 124 cm³/mol. The van der Waals surface area contributed by atoms with Gasteiger partial charge < -0.3 is 14.8 Å². The molecule has 0 radical (unpaired) electrons. The first-order chi connectivity index (χ1) is 15.3. The van der Waals surface area contributed by atoms with Crippen molar-refractivity contribution in [2.75, 3.05) is 26.8 Å². The third-order valence-corrected chi connectivity index (χ3v) is 7.73. The van der Waals surface area contributed by atoms with Gasteiger partial charge in [0.1, 0.15) is 11.5 Å². The van der Waals surface area contributed by atoms with Crippen molar-refractivity contribution in [3.05, 3.63) is 53.6 Å². The van der Waals surface area contributed by atoms with Gasteiger partial charge in [0.2, 0.25) is 10.0 Å². The third-order valence-electron chi connectivity index (χ3n) is 5.83. The highest BCUT2D eigenvalue weighted by Crippen LogP contribution is 2.28. The molecule has 0 aromatic heterocycles. The smallest absolute Gasteiger partial charge is 0.255 e. The molecule has 3 rings (SSSR count). The Morgan fingerprint density at radius 1 is 1.16 bits per heavy atom. The highest BCUT2D eigenvalue weighted by atomic mass is 32.2. The number of amides is 1. The quantitative estimate of drug-likeness (QED) is 0.644. The molecule has 0 unspecified atom stereocenters. The Hall–Kier alpha value is -2.58. The maximum Gasteiger partial charge on any atom is 0.255 e. The summed E-state index contributed by atoms with van der Waals surface area (Å²) in [5.41, 5.74) is 1.10. The van der Waals surface area contributed by atoms with Crippen LogP contribution in [0.4, 0.5) is 0 Å². The number of hydrogen-bond donors (Lipinski definition) is 1. The van der Waals surface area contributed by atoms with E-state index >= 15 is 0 Å². The Morgan fingerprint density at radius 2 is 1.81 bits per heavy atom. The number of carbonyl (C=O) groups is 1. The summed E-state index contributed by atoms with van der Waals surface area (Å²) < 4.78 is 38.6. The van der Waals surface area contributed by atoms with E-state index in [1.807, 2.05) is 38.1 Å². The minimum absolute atomic E-state index is 0.103. The molecular formula is C24H32N2O5S. The summed E-state index contributed by atoms with van der Waals surface area (Å²) in [5, 5.41) is 2.93. The molecule has 1 atom stereocenters. The lowest BCUT2D eigenvalue weighted by Gasteiger charge is -2.29. The van der Waals surface area contributed by atoms with Crippen molar-refractivity contribution in [3.8, 4) is 11.5 Å². The zero-order valence-electron chi connectivity index (χ0n) is 19.1. The number of piperidine rings is 1. The molecule has 1 saturated heterocycles. The van der Waals surface area contributed by atoms with Crippen LogP contribution in [0.1, 0.15) is 55.6 Å². The Bertz CT molecular complexity index is 1030. The molecule has 8 heteroatoms. The zero-order chi connectivity index (χ0) is 23.3. The summed E-state index contributed by atoms with van der Waals surface area (Å²) in [6, 6.07) is 11.7. The largest absolute Gasteiger partial charge is 0.496 e. The van der Waals surface area contributed by atoms with Crippen molar-refractivity contribution < 1.29 is 22.7 Å². The Kier molecular flexibility index (Phi) is 7.79. The Morgan fingerprint density at radius 3 is 2.41 bits per heavy atom. The van der Waals surface area contributed by atoms with Gasteiger partial charge >= 0.3 is 0 Å². The van der Waals surface area contributed by atoms with Crippen LogP contribution in [0.3, 0.4) is 0 Å². The van der Waals surface area contributed by atoms with Gasteiger partial charge in [-0.15, -0.1) is 0 Å². The molecule has 1 amide bonds. The number of carbonyl (C=O) groups excluding carboxylic acids is 1. The molecule has 1 aliphatic rings. The lowest BCUT2D eigenvalue weighted by molar-refractivity contribution is 0.0936. The van der Waals surface area contributed by atoms with Crippen LogP contribution in [-0.2, 0) is 10.0 Å². The molecule has 0 aliphatic carbocycles.